The zero-order chi connectivity index (χ0) is 19.9. The molecule has 1 fully saturated rings. The maximum atomic E-state index is 12.5. The van der Waals surface area contributed by atoms with Crippen molar-refractivity contribution >= 4 is 5.91 Å². The van der Waals surface area contributed by atoms with E-state index in [4.69, 9.17) is 11.0 Å². The monoisotopic (exact) mass is 372 g/mol. The third-order valence-corrected chi connectivity index (χ3v) is 5.37. The summed E-state index contributed by atoms with van der Waals surface area (Å²) in [5.41, 5.74) is 9.76. The number of benzene rings is 2. The Balaban J connectivity index is 1.62. The summed E-state index contributed by atoms with van der Waals surface area (Å²) < 4.78 is 0. The first-order valence-corrected chi connectivity index (χ1v) is 9.66. The number of nitrogens with one attached hydrogen (secondary N) is 1. The zero-order valence-electron chi connectivity index (χ0n) is 15.8. The minimum absolute atomic E-state index is 0.104. The molecule has 5 heteroatoms. The van der Waals surface area contributed by atoms with Gasteiger partial charge >= 0.3 is 0 Å². The molecule has 0 spiro atoms. The molecule has 0 heterocycles. The second-order valence-electron chi connectivity index (χ2n) is 7.34. The molecule has 1 aliphatic carbocycles. The molecule has 1 amide bonds. The molecule has 142 valence electrons. The first kappa shape index (κ1) is 19.6. The summed E-state index contributed by atoms with van der Waals surface area (Å²) in [6.07, 6.45) is 4.20. The highest BCUT2D eigenvalue weighted by molar-refractivity contribution is 5.80. The number of nitrogens with two attached hydrogens (primary N) is 1. The van der Waals surface area contributed by atoms with Crippen LogP contribution in [-0.2, 0) is 11.2 Å². The highest BCUT2D eigenvalue weighted by atomic mass is 16.2. The molecule has 0 aromatic heterocycles. The van der Waals surface area contributed by atoms with Crippen LogP contribution in [-0.4, -0.2) is 18.0 Å². The van der Waals surface area contributed by atoms with Crippen LogP contribution in [0.3, 0.4) is 0 Å². The molecule has 0 radical (unpaired) electrons. The summed E-state index contributed by atoms with van der Waals surface area (Å²) in [5, 5.41) is 21.2. The Morgan fingerprint density at radius 3 is 2.21 bits per heavy atom. The quantitative estimate of drug-likeness (QED) is 0.840. The minimum Gasteiger partial charge on any atom is -0.340 e. The van der Waals surface area contributed by atoms with Crippen LogP contribution in [0.25, 0.3) is 11.1 Å². The highest BCUT2D eigenvalue weighted by Gasteiger charge is 2.29. The van der Waals surface area contributed by atoms with Crippen LogP contribution >= 0.6 is 0 Å². The van der Waals surface area contributed by atoms with E-state index in [0.717, 1.165) is 42.4 Å². The van der Waals surface area contributed by atoms with Gasteiger partial charge in [-0.25, -0.2) is 0 Å². The molecular formula is C23H24N4O. The van der Waals surface area contributed by atoms with Crippen molar-refractivity contribution in [2.45, 2.75) is 44.2 Å². The number of carbonyl (C=O) groups is 1. The second-order valence-corrected chi connectivity index (χ2v) is 7.34. The van der Waals surface area contributed by atoms with Gasteiger partial charge in [-0.1, -0.05) is 49.2 Å². The van der Waals surface area contributed by atoms with Gasteiger partial charge < -0.3 is 11.1 Å². The summed E-state index contributed by atoms with van der Waals surface area (Å²) in [6, 6.07) is 19.0. The third-order valence-electron chi connectivity index (χ3n) is 5.37. The SMILES string of the molecule is N#Cc1ccc(-c2ccc(C[C@@H](C#N)NC(=O)[C@H]3CCCC[C@H]3N)cc2)cc1. The van der Waals surface area contributed by atoms with Gasteiger partial charge in [0, 0.05) is 12.5 Å². The van der Waals surface area contributed by atoms with Crippen LogP contribution in [0.2, 0.25) is 0 Å². The van der Waals surface area contributed by atoms with E-state index in [1.54, 1.807) is 12.1 Å². The Kier molecular flexibility index (Phi) is 6.42. The molecule has 3 N–H and O–H groups in total. The predicted octanol–water partition coefficient (Wildman–Crippen LogP) is 3.29. The molecule has 5 nitrogen and oxygen atoms in total. The van der Waals surface area contributed by atoms with Gasteiger partial charge in [-0.05, 0) is 41.7 Å². The lowest BCUT2D eigenvalue weighted by atomic mass is 9.84. The van der Waals surface area contributed by atoms with Gasteiger partial charge in [0.05, 0.1) is 23.6 Å². The molecule has 3 atom stereocenters. The van der Waals surface area contributed by atoms with Crippen LogP contribution in [0.5, 0.6) is 0 Å². The van der Waals surface area contributed by atoms with Gasteiger partial charge in [0.15, 0.2) is 0 Å². The molecule has 28 heavy (non-hydrogen) atoms. The standard InChI is InChI=1S/C23H24N4O/c24-14-17-7-11-19(12-8-17)18-9-5-16(6-10-18)13-20(15-25)27-23(28)21-3-1-2-4-22(21)26/h5-12,20-22H,1-4,13,26H2,(H,27,28)/t20-,21-,22+/m0/s1. The summed E-state index contributed by atoms with van der Waals surface area (Å²) in [5.74, 6) is -0.295. The molecule has 0 aliphatic heterocycles. The first-order valence-electron chi connectivity index (χ1n) is 9.66. The normalized spacial score (nSPS) is 19.8. The van der Waals surface area contributed by atoms with Crippen LogP contribution < -0.4 is 11.1 Å². The first-order chi connectivity index (χ1) is 13.6. The van der Waals surface area contributed by atoms with Crippen molar-refractivity contribution < 1.29 is 4.79 Å². The van der Waals surface area contributed by atoms with E-state index in [2.05, 4.69) is 17.5 Å². The van der Waals surface area contributed by atoms with Crippen LogP contribution in [0.15, 0.2) is 48.5 Å². The number of hydrogen-bond donors (Lipinski definition) is 2. The van der Waals surface area contributed by atoms with E-state index in [-0.39, 0.29) is 17.9 Å². The maximum absolute atomic E-state index is 12.5. The molecule has 2 aromatic carbocycles. The Labute approximate surface area is 165 Å². The van der Waals surface area contributed by atoms with Crippen molar-refractivity contribution in [1.29, 1.82) is 10.5 Å². The maximum Gasteiger partial charge on any atom is 0.225 e. The van der Waals surface area contributed by atoms with Gasteiger partial charge in [-0.3, -0.25) is 4.79 Å². The van der Waals surface area contributed by atoms with Gasteiger partial charge in [0.2, 0.25) is 5.91 Å². The molecule has 1 aliphatic rings. The second kappa shape index (κ2) is 9.17. The summed E-state index contributed by atoms with van der Waals surface area (Å²) in [7, 11) is 0. The van der Waals surface area contributed by atoms with Crippen molar-refractivity contribution in [3.63, 3.8) is 0 Å². The van der Waals surface area contributed by atoms with Gasteiger partial charge in [-0.2, -0.15) is 10.5 Å². The molecule has 0 saturated heterocycles. The van der Waals surface area contributed by atoms with Crippen molar-refractivity contribution in [1.82, 2.24) is 5.32 Å². The minimum atomic E-state index is -0.567. The molecule has 3 rings (SSSR count). The van der Waals surface area contributed by atoms with E-state index in [9.17, 15) is 10.1 Å². The van der Waals surface area contributed by atoms with Crippen LogP contribution in [0, 0.1) is 28.6 Å². The number of amides is 1. The lowest BCUT2D eigenvalue weighted by molar-refractivity contribution is -0.126. The highest BCUT2D eigenvalue weighted by Crippen LogP contribution is 2.24. The van der Waals surface area contributed by atoms with Gasteiger partial charge in [-0.15, -0.1) is 0 Å². The largest absolute Gasteiger partial charge is 0.340 e. The average Bonchev–Trinajstić information content (AvgIpc) is 2.74. The fourth-order valence-electron chi connectivity index (χ4n) is 3.70. The molecule has 2 aromatic rings. The lowest BCUT2D eigenvalue weighted by Gasteiger charge is -2.28. The number of rotatable bonds is 5. The Morgan fingerprint density at radius 2 is 1.64 bits per heavy atom. The van der Waals surface area contributed by atoms with Gasteiger partial charge in [0.25, 0.3) is 0 Å². The number of nitrogens with zero attached hydrogens (tertiary/aromatic N) is 2. The molecule has 0 bridgehead atoms. The van der Waals surface area contributed by atoms with E-state index in [1.807, 2.05) is 36.4 Å². The topological polar surface area (TPSA) is 103 Å². The number of hydrogen-bond acceptors (Lipinski definition) is 4. The number of nitriles is 2. The van der Waals surface area contributed by atoms with E-state index in [1.165, 1.54) is 0 Å². The summed E-state index contributed by atoms with van der Waals surface area (Å²) in [4.78, 5) is 12.5. The number of carbonyl (C=O) groups excluding carboxylic acids is 1. The summed E-state index contributed by atoms with van der Waals surface area (Å²) in [6.45, 7) is 0. The van der Waals surface area contributed by atoms with Crippen LogP contribution in [0.4, 0.5) is 0 Å². The molecule has 0 unspecified atom stereocenters. The van der Waals surface area contributed by atoms with E-state index < -0.39 is 6.04 Å². The van der Waals surface area contributed by atoms with Crippen molar-refractivity contribution in [3.8, 4) is 23.3 Å². The van der Waals surface area contributed by atoms with E-state index in [0.29, 0.717) is 12.0 Å². The van der Waals surface area contributed by atoms with Crippen LogP contribution in [0.1, 0.15) is 36.8 Å². The average molecular weight is 372 g/mol. The Hall–Kier alpha value is -3.15. The van der Waals surface area contributed by atoms with Gasteiger partial charge in [0.1, 0.15) is 6.04 Å². The predicted molar refractivity (Wildman–Crippen MR) is 108 cm³/mol. The fourth-order valence-corrected chi connectivity index (χ4v) is 3.70. The lowest BCUT2D eigenvalue weighted by Crippen LogP contribution is -2.47. The van der Waals surface area contributed by atoms with Crippen molar-refractivity contribution in [3.05, 3.63) is 59.7 Å². The smallest absolute Gasteiger partial charge is 0.225 e. The third kappa shape index (κ3) is 4.76. The summed E-state index contributed by atoms with van der Waals surface area (Å²) >= 11 is 0. The Bertz CT molecular complexity index is 890. The van der Waals surface area contributed by atoms with E-state index >= 15 is 0 Å². The fraction of sp³-hybridized carbons (Fsp3) is 0.348. The molecule has 1 saturated carbocycles. The molecular weight excluding hydrogens is 348 g/mol. The van der Waals surface area contributed by atoms with Crippen molar-refractivity contribution in [2.75, 3.05) is 0 Å². The van der Waals surface area contributed by atoms with Crippen molar-refractivity contribution in [2.24, 2.45) is 11.7 Å². The Morgan fingerprint density at radius 1 is 1.04 bits per heavy atom. The zero-order valence-corrected chi connectivity index (χ0v) is 15.8.